The molecule has 32 heavy (non-hydrogen) atoms. The van der Waals surface area contributed by atoms with Crippen LogP contribution in [0.1, 0.15) is 54.6 Å². The quantitative estimate of drug-likeness (QED) is 0.482. The second kappa shape index (κ2) is 10.9. The minimum atomic E-state index is -0.304. The Hall–Kier alpha value is -3.13. The monoisotopic (exact) mass is 451 g/mol. The van der Waals surface area contributed by atoms with Crippen molar-refractivity contribution in [1.82, 2.24) is 25.4 Å². The third-order valence-corrected chi connectivity index (χ3v) is 6.17. The first-order valence-electron chi connectivity index (χ1n) is 10.6. The van der Waals surface area contributed by atoms with Gasteiger partial charge in [-0.05, 0) is 30.5 Å². The van der Waals surface area contributed by atoms with E-state index in [0.717, 1.165) is 5.56 Å². The first-order valence-corrected chi connectivity index (χ1v) is 11.6. The highest BCUT2D eigenvalue weighted by Gasteiger charge is 2.25. The molecule has 0 bridgehead atoms. The molecule has 0 fully saturated rings. The van der Waals surface area contributed by atoms with Gasteiger partial charge < -0.3 is 15.2 Å². The van der Waals surface area contributed by atoms with E-state index in [-0.39, 0.29) is 35.6 Å². The molecule has 8 heteroatoms. The normalized spacial score (nSPS) is 12.9. The molecule has 0 spiro atoms. The summed E-state index contributed by atoms with van der Waals surface area (Å²) in [7, 11) is 1.85. The fraction of sp³-hybridized carbons (Fsp3) is 0.333. The molecule has 0 radical (unpaired) electrons. The minimum Gasteiger partial charge on any atom is -0.349 e. The lowest BCUT2D eigenvalue weighted by molar-refractivity contribution is -0.119. The van der Waals surface area contributed by atoms with Crippen molar-refractivity contribution >= 4 is 23.6 Å². The fourth-order valence-electron chi connectivity index (χ4n) is 3.30. The average Bonchev–Trinajstić information content (AvgIpc) is 3.16. The van der Waals surface area contributed by atoms with Crippen LogP contribution in [0.3, 0.4) is 0 Å². The standard InChI is InChI=1S/C24H29N5O2S/c1-16(2)21(26-23(31)19-13-9-6-10-14-19)22-27-28-24(29(22)4)32-15-20(30)25-17(3)18-11-7-5-8-12-18/h5-14,16-17,21H,15H2,1-4H3,(H,25,30)(H,26,31)/t17-,21+/m1/s1. The van der Waals surface area contributed by atoms with Crippen LogP contribution < -0.4 is 10.6 Å². The van der Waals surface area contributed by atoms with Crippen molar-refractivity contribution in [1.29, 1.82) is 0 Å². The van der Waals surface area contributed by atoms with Gasteiger partial charge in [-0.15, -0.1) is 10.2 Å². The molecule has 1 aromatic heterocycles. The number of thioether (sulfide) groups is 1. The number of nitrogens with zero attached hydrogens (tertiary/aromatic N) is 3. The third kappa shape index (κ3) is 5.97. The Morgan fingerprint density at radius 3 is 2.19 bits per heavy atom. The maximum Gasteiger partial charge on any atom is 0.251 e. The lowest BCUT2D eigenvalue weighted by Crippen LogP contribution is -2.33. The molecule has 1 heterocycles. The van der Waals surface area contributed by atoms with Gasteiger partial charge in [0.1, 0.15) is 0 Å². The van der Waals surface area contributed by atoms with Crippen LogP contribution in [0.2, 0.25) is 0 Å². The van der Waals surface area contributed by atoms with E-state index in [1.807, 2.05) is 80.9 Å². The minimum absolute atomic E-state index is 0.0714. The van der Waals surface area contributed by atoms with Crippen molar-refractivity contribution in [3.63, 3.8) is 0 Å². The summed E-state index contributed by atoms with van der Waals surface area (Å²) in [5, 5.41) is 15.3. The molecule has 0 saturated heterocycles. The second-order valence-electron chi connectivity index (χ2n) is 7.95. The van der Waals surface area contributed by atoms with Gasteiger partial charge in [0.15, 0.2) is 11.0 Å². The van der Waals surface area contributed by atoms with E-state index < -0.39 is 0 Å². The van der Waals surface area contributed by atoms with E-state index in [1.165, 1.54) is 11.8 Å². The van der Waals surface area contributed by atoms with Crippen LogP contribution in [0.5, 0.6) is 0 Å². The largest absolute Gasteiger partial charge is 0.349 e. The van der Waals surface area contributed by atoms with E-state index in [0.29, 0.717) is 16.5 Å². The van der Waals surface area contributed by atoms with Gasteiger partial charge in [0.25, 0.3) is 5.91 Å². The molecule has 0 unspecified atom stereocenters. The smallest absolute Gasteiger partial charge is 0.251 e. The van der Waals surface area contributed by atoms with Gasteiger partial charge in [-0.2, -0.15) is 0 Å². The number of benzene rings is 2. The van der Waals surface area contributed by atoms with E-state index in [1.54, 1.807) is 12.1 Å². The number of nitrogens with one attached hydrogen (secondary N) is 2. The molecule has 0 aliphatic carbocycles. The zero-order chi connectivity index (χ0) is 23.1. The molecule has 3 rings (SSSR count). The third-order valence-electron chi connectivity index (χ3n) is 5.15. The molecule has 2 atom stereocenters. The van der Waals surface area contributed by atoms with E-state index in [9.17, 15) is 9.59 Å². The fourth-order valence-corrected chi connectivity index (χ4v) is 4.03. The SMILES string of the molecule is CC(C)[C@H](NC(=O)c1ccccc1)c1nnc(SCC(=O)N[C@H](C)c2ccccc2)n1C. The Bertz CT molecular complexity index is 1040. The van der Waals surface area contributed by atoms with Crippen LogP contribution in [0, 0.1) is 5.92 Å². The van der Waals surface area contributed by atoms with Gasteiger partial charge in [-0.3, -0.25) is 9.59 Å². The molecular weight excluding hydrogens is 422 g/mol. The van der Waals surface area contributed by atoms with Crippen molar-refractivity contribution in [2.75, 3.05) is 5.75 Å². The second-order valence-corrected chi connectivity index (χ2v) is 8.89. The van der Waals surface area contributed by atoms with E-state index in [4.69, 9.17) is 0 Å². The topological polar surface area (TPSA) is 88.9 Å². The van der Waals surface area contributed by atoms with E-state index in [2.05, 4.69) is 20.8 Å². The highest BCUT2D eigenvalue weighted by Crippen LogP contribution is 2.24. The van der Waals surface area contributed by atoms with Crippen molar-refractivity contribution in [3.05, 3.63) is 77.6 Å². The molecule has 7 nitrogen and oxygen atoms in total. The van der Waals surface area contributed by atoms with Gasteiger partial charge >= 0.3 is 0 Å². The molecule has 2 aromatic carbocycles. The number of carbonyl (C=O) groups is 2. The van der Waals surface area contributed by atoms with Crippen LogP contribution in [0.25, 0.3) is 0 Å². The van der Waals surface area contributed by atoms with Crippen molar-refractivity contribution in [3.8, 4) is 0 Å². The molecule has 2 amide bonds. The Kier molecular flexibility index (Phi) is 8.05. The van der Waals surface area contributed by atoms with Crippen molar-refractivity contribution in [2.45, 2.75) is 38.0 Å². The predicted octanol–water partition coefficient (Wildman–Crippen LogP) is 3.91. The predicted molar refractivity (Wildman–Crippen MR) is 126 cm³/mol. The number of hydrogen-bond donors (Lipinski definition) is 2. The summed E-state index contributed by atoms with van der Waals surface area (Å²) in [6.07, 6.45) is 0. The molecule has 2 N–H and O–H groups in total. The lowest BCUT2D eigenvalue weighted by Gasteiger charge is -2.21. The number of carbonyl (C=O) groups excluding carboxylic acids is 2. The Labute approximate surface area is 193 Å². The van der Waals surface area contributed by atoms with Crippen LogP contribution in [0.4, 0.5) is 0 Å². The number of rotatable bonds is 9. The summed E-state index contributed by atoms with van der Waals surface area (Å²) in [4.78, 5) is 25.1. The van der Waals surface area contributed by atoms with Gasteiger partial charge in [0, 0.05) is 12.6 Å². The van der Waals surface area contributed by atoms with Gasteiger partial charge in [0.05, 0.1) is 17.8 Å². The molecule has 0 aliphatic heterocycles. The van der Waals surface area contributed by atoms with Crippen molar-refractivity contribution < 1.29 is 9.59 Å². The summed E-state index contributed by atoms with van der Waals surface area (Å²) in [5.41, 5.74) is 1.65. The highest BCUT2D eigenvalue weighted by molar-refractivity contribution is 7.99. The molecular formula is C24H29N5O2S. The first kappa shape index (κ1) is 23.5. The Morgan fingerprint density at radius 1 is 0.938 bits per heavy atom. The lowest BCUT2D eigenvalue weighted by atomic mass is 10.0. The van der Waals surface area contributed by atoms with Crippen LogP contribution in [0.15, 0.2) is 65.8 Å². The van der Waals surface area contributed by atoms with Gasteiger partial charge in [-0.25, -0.2) is 0 Å². The zero-order valence-electron chi connectivity index (χ0n) is 18.8. The summed E-state index contributed by atoms with van der Waals surface area (Å²) in [6.45, 7) is 6.01. The van der Waals surface area contributed by atoms with E-state index >= 15 is 0 Å². The highest BCUT2D eigenvalue weighted by atomic mass is 32.2. The number of aromatic nitrogens is 3. The summed E-state index contributed by atoms with van der Waals surface area (Å²) >= 11 is 1.32. The zero-order valence-corrected chi connectivity index (χ0v) is 19.6. The molecule has 0 saturated carbocycles. The summed E-state index contributed by atoms with van der Waals surface area (Å²) in [6, 6.07) is 18.6. The van der Waals surface area contributed by atoms with Crippen LogP contribution in [-0.4, -0.2) is 32.3 Å². The number of amides is 2. The van der Waals surface area contributed by atoms with Crippen LogP contribution in [-0.2, 0) is 11.8 Å². The Morgan fingerprint density at radius 2 is 1.56 bits per heavy atom. The molecule has 168 valence electrons. The summed E-state index contributed by atoms with van der Waals surface area (Å²) < 4.78 is 1.84. The molecule has 0 aliphatic rings. The maximum atomic E-state index is 12.7. The average molecular weight is 452 g/mol. The first-order chi connectivity index (χ1) is 15.4. The van der Waals surface area contributed by atoms with Crippen molar-refractivity contribution in [2.24, 2.45) is 13.0 Å². The summed E-state index contributed by atoms with van der Waals surface area (Å²) in [5.74, 6) is 0.763. The van der Waals surface area contributed by atoms with Gasteiger partial charge in [0.2, 0.25) is 5.91 Å². The number of hydrogen-bond acceptors (Lipinski definition) is 5. The van der Waals surface area contributed by atoms with Crippen LogP contribution >= 0.6 is 11.8 Å². The Balaban J connectivity index is 1.62. The molecule has 3 aromatic rings. The van der Waals surface area contributed by atoms with Gasteiger partial charge in [-0.1, -0.05) is 74.1 Å². The maximum absolute atomic E-state index is 12.7.